The molecule has 1 heterocycles. The lowest BCUT2D eigenvalue weighted by atomic mass is 10.1. The lowest BCUT2D eigenvalue weighted by molar-refractivity contribution is 0.322. The summed E-state index contributed by atoms with van der Waals surface area (Å²) in [5.41, 5.74) is 7.58. The highest BCUT2D eigenvalue weighted by molar-refractivity contribution is 7.94. The van der Waals surface area contributed by atoms with Crippen LogP contribution < -0.4 is 15.2 Å². The maximum Gasteiger partial charge on any atom is 0.271 e. The molecule has 0 amide bonds. The Morgan fingerprint density at radius 1 is 1.14 bits per heavy atom. The average Bonchev–Trinajstić information content (AvgIpc) is 3.10. The van der Waals surface area contributed by atoms with Crippen molar-refractivity contribution < 1.29 is 13.2 Å². The molecule has 0 aliphatic rings. The molecule has 0 aliphatic heterocycles. The third kappa shape index (κ3) is 6.37. The second-order valence-electron chi connectivity index (χ2n) is 5.90. The summed E-state index contributed by atoms with van der Waals surface area (Å²) >= 11 is 6.81. The van der Waals surface area contributed by atoms with Gasteiger partial charge in [-0.05, 0) is 29.8 Å². The molecule has 0 atom stereocenters. The fourth-order valence-electron chi connectivity index (χ4n) is 2.43. The molecular weight excluding hydrogens is 453 g/mol. The second kappa shape index (κ2) is 9.98. The minimum absolute atomic E-state index is 0. The van der Waals surface area contributed by atoms with Crippen LogP contribution in [0.15, 0.2) is 64.9 Å². The summed E-state index contributed by atoms with van der Waals surface area (Å²) in [6.07, 6.45) is 0.668. The van der Waals surface area contributed by atoms with Crippen LogP contribution in [0.1, 0.15) is 11.1 Å². The van der Waals surface area contributed by atoms with Crippen molar-refractivity contribution in [2.45, 2.75) is 10.6 Å². The number of amidine groups is 1. The molecule has 0 aliphatic carbocycles. The Kier molecular flexibility index (Phi) is 7.92. The molecule has 3 rings (SSSR count). The van der Waals surface area contributed by atoms with E-state index < -0.39 is 10.0 Å². The van der Waals surface area contributed by atoms with Crippen molar-refractivity contribution in [1.29, 1.82) is 5.41 Å². The van der Waals surface area contributed by atoms with E-state index in [1.54, 1.807) is 42.5 Å². The number of hydrogen-bond donors (Lipinski definition) is 3. The van der Waals surface area contributed by atoms with Crippen LogP contribution in [-0.4, -0.2) is 20.9 Å². The molecular formula is C19H19Cl2N3O3S2. The standard InChI is InChI=1S/C19H18ClN3O3S2.ClH/c20-17-8-9-18(27-17)28(24,25)23-15-2-1-3-16(12-15)26-11-10-13-4-6-14(7-5-13)19(21)22;/h1-9,12,23H,10-11H2,(H3,21,22);1H. The first kappa shape index (κ1) is 23.0. The van der Waals surface area contributed by atoms with Gasteiger partial charge in [0.25, 0.3) is 10.0 Å². The number of hydrogen-bond acceptors (Lipinski definition) is 5. The van der Waals surface area contributed by atoms with Crippen molar-refractivity contribution in [2.24, 2.45) is 5.73 Å². The van der Waals surface area contributed by atoms with Crippen LogP contribution in [0, 0.1) is 5.41 Å². The zero-order chi connectivity index (χ0) is 20.1. The molecule has 3 aromatic rings. The SMILES string of the molecule is Cl.N=C(N)c1ccc(CCOc2cccc(NS(=O)(=O)c3ccc(Cl)s3)c2)cc1. The molecule has 0 spiro atoms. The molecule has 0 unspecified atom stereocenters. The van der Waals surface area contributed by atoms with Crippen molar-refractivity contribution in [2.75, 3.05) is 11.3 Å². The highest BCUT2D eigenvalue weighted by Crippen LogP contribution is 2.28. The number of ether oxygens (including phenoxy) is 1. The monoisotopic (exact) mass is 471 g/mol. The van der Waals surface area contributed by atoms with E-state index in [1.807, 2.05) is 12.1 Å². The fraction of sp³-hybridized carbons (Fsp3) is 0.105. The zero-order valence-electron chi connectivity index (χ0n) is 15.1. The Bertz CT molecular complexity index is 1080. The zero-order valence-corrected chi connectivity index (χ0v) is 18.3. The van der Waals surface area contributed by atoms with Gasteiger partial charge in [0, 0.05) is 18.1 Å². The van der Waals surface area contributed by atoms with Crippen LogP contribution in [0.3, 0.4) is 0 Å². The number of nitrogens with one attached hydrogen (secondary N) is 2. The van der Waals surface area contributed by atoms with Gasteiger partial charge in [0.2, 0.25) is 0 Å². The third-order valence-electron chi connectivity index (χ3n) is 3.82. The van der Waals surface area contributed by atoms with Gasteiger partial charge in [0.15, 0.2) is 0 Å². The van der Waals surface area contributed by atoms with Gasteiger partial charge in [-0.3, -0.25) is 10.1 Å². The average molecular weight is 472 g/mol. The molecule has 0 radical (unpaired) electrons. The molecule has 0 fully saturated rings. The number of benzene rings is 2. The number of anilines is 1. The Hall–Kier alpha value is -2.26. The molecule has 4 N–H and O–H groups in total. The molecule has 0 saturated heterocycles. The molecule has 154 valence electrons. The first-order valence-electron chi connectivity index (χ1n) is 8.28. The first-order chi connectivity index (χ1) is 13.3. The molecule has 0 saturated carbocycles. The Labute approximate surface area is 184 Å². The van der Waals surface area contributed by atoms with Crippen LogP contribution in [0.25, 0.3) is 0 Å². The number of halogens is 2. The van der Waals surface area contributed by atoms with Gasteiger partial charge in [-0.2, -0.15) is 0 Å². The number of nitrogen functional groups attached to an aromatic ring is 1. The summed E-state index contributed by atoms with van der Waals surface area (Å²) in [4.78, 5) is 0. The summed E-state index contributed by atoms with van der Waals surface area (Å²) in [6, 6.07) is 17.2. The van der Waals surface area contributed by atoms with Gasteiger partial charge in [0.05, 0.1) is 16.6 Å². The minimum atomic E-state index is -3.68. The summed E-state index contributed by atoms with van der Waals surface area (Å²) in [5, 5.41) is 7.39. The van der Waals surface area contributed by atoms with Gasteiger partial charge in [0.1, 0.15) is 15.8 Å². The van der Waals surface area contributed by atoms with Crippen molar-refractivity contribution in [3.05, 3.63) is 76.1 Å². The highest BCUT2D eigenvalue weighted by Gasteiger charge is 2.17. The molecule has 29 heavy (non-hydrogen) atoms. The highest BCUT2D eigenvalue weighted by atomic mass is 35.5. The maximum absolute atomic E-state index is 12.4. The summed E-state index contributed by atoms with van der Waals surface area (Å²) in [6.45, 7) is 0.427. The third-order valence-corrected chi connectivity index (χ3v) is 6.93. The Balaban J connectivity index is 0.00000300. The number of sulfonamides is 1. The summed E-state index contributed by atoms with van der Waals surface area (Å²) in [7, 11) is -3.68. The predicted molar refractivity (Wildman–Crippen MR) is 120 cm³/mol. The van der Waals surface area contributed by atoms with Gasteiger partial charge < -0.3 is 10.5 Å². The number of rotatable bonds is 8. The van der Waals surface area contributed by atoms with Crippen LogP contribution in [0.5, 0.6) is 5.75 Å². The van der Waals surface area contributed by atoms with Gasteiger partial charge >= 0.3 is 0 Å². The predicted octanol–water partition coefficient (Wildman–Crippen LogP) is 4.53. The Morgan fingerprint density at radius 3 is 2.48 bits per heavy atom. The van der Waals surface area contributed by atoms with Crippen molar-refractivity contribution >= 4 is 56.9 Å². The maximum atomic E-state index is 12.4. The molecule has 0 bridgehead atoms. The van der Waals surface area contributed by atoms with Crippen LogP contribution in [-0.2, 0) is 16.4 Å². The van der Waals surface area contributed by atoms with E-state index in [9.17, 15) is 8.42 Å². The lowest BCUT2D eigenvalue weighted by Gasteiger charge is -2.10. The van der Waals surface area contributed by atoms with E-state index in [0.29, 0.717) is 34.4 Å². The molecule has 10 heteroatoms. The first-order valence-corrected chi connectivity index (χ1v) is 11.0. The minimum Gasteiger partial charge on any atom is -0.493 e. The number of thiophene rings is 1. The van der Waals surface area contributed by atoms with Crippen LogP contribution >= 0.6 is 35.3 Å². The van der Waals surface area contributed by atoms with Crippen LogP contribution in [0.4, 0.5) is 5.69 Å². The van der Waals surface area contributed by atoms with Crippen LogP contribution in [0.2, 0.25) is 4.34 Å². The normalized spacial score (nSPS) is 10.8. The van der Waals surface area contributed by atoms with E-state index in [4.69, 9.17) is 27.5 Å². The van der Waals surface area contributed by atoms with Crippen molar-refractivity contribution in [3.63, 3.8) is 0 Å². The molecule has 2 aromatic carbocycles. The largest absolute Gasteiger partial charge is 0.493 e. The second-order valence-corrected chi connectivity index (χ2v) is 9.53. The summed E-state index contributed by atoms with van der Waals surface area (Å²) in [5.74, 6) is 0.594. The van der Waals surface area contributed by atoms with Gasteiger partial charge in [-0.15, -0.1) is 23.7 Å². The topological polar surface area (TPSA) is 105 Å². The van der Waals surface area contributed by atoms with E-state index in [2.05, 4.69) is 4.72 Å². The lowest BCUT2D eigenvalue weighted by Crippen LogP contribution is -2.11. The van der Waals surface area contributed by atoms with Crippen molar-refractivity contribution in [3.8, 4) is 5.75 Å². The quantitative estimate of drug-likeness (QED) is 0.331. The van der Waals surface area contributed by atoms with E-state index in [-0.39, 0.29) is 22.5 Å². The number of nitrogens with two attached hydrogens (primary N) is 1. The Morgan fingerprint density at radius 2 is 1.86 bits per heavy atom. The van der Waals surface area contributed by atoms with E-state index >= 15 is 0 Å². The fourth-order valence-corrected chi connectivity index (χ4v) is 4.97. The van der Waals surface area contributed by atoms with E-state index in [0.717, 1.165) is 16.9 Å². The van der Waals surface area contributed by atoms with E-state index in [1.165, 1.54) is 6.07 Å². The van der Waals surface area contributed by atoms with Crippen molar-refractivity contribution in [1.82, 2.24) is 0 Å². The molecule has 6 nitrogen and oxygen atoms in total. The smallest absolute Gasteiger partial charge is 0.271 e. The van der Waals surface area contributed by atoms with Gasteiger partial charge in [-0.25, -0.2) is 8.42 Å². The molecule has 1 aromatic heterocycles. The summed E-state index contributed by atoms with van der Waals surface area (Å²) < 4.78 is 33.6. The van der Waals surface area contributed by atoms with Gasteiger partial charge in [-0.1, -0.05) is 41.9 Å².